The molecule has 29 heavy (non-hydrogen) atoms. The molecule has 9 heteroatoms. The zero-order chi connectivity index (χ0) is 21.6. The van der Waals surface area contributed by atoms with Gasteiger partial charge in [-0.25, -0.2) is 13.8 Å². The number of hydrogen-bond donors (Lipinski definition) is 3. The fourth-order valence-electron chi connectivity index (χ4n) is 2.71. The maximum atomic E-state index is 13.3. The molecule has 3 N–H and O–H groups in total. The van der Waals surface area contributed by atoms with Gasteiger partial charge in [-0.15, -0.1) is 0 Å². The summed E-state index contributed by atoms with van der Waals surface area (Å²) in [7, 11) is 0. The summed E-state index contributed by atoms with van der Waals surface area (Å²) in [5.41, 5.74) is -0.395. The molecule has 1 atom stereocenters. The van der Waals surface area contributed by atoms with Gasteiger partial charge in [0.25, 0.3) is 0 Å². The lowest BCUT2D eigenvalue weighted by molar-refractivity contribution is -0.126. The summed E-state index contributed by atoms with van der Waals surface area (Å²) in [6.07, 6.45) is 3.87. The minimum Gasteiger partial charge on any atom is -0.394 e. The molecule has 0 aliphatic heterocycles. The lowest BCUT2D eigenvalue weighted by Crippen LogP contribution is -2.44. The van der Waals surface area contributed by atoms with Crippen LogP contribution in [0.5, 0.6) is 0 Å². The Morgan fingerprint density at radius 3 is 2.48 bits per heavy atom. The van der Waals surface area contributed by atoms with Crippen LogP contribution in [-0.2, 0) is 21.5 Å². The van der Waals surface area contributed by atoms with Crippen LogP contribution in [0, 0.1) is 11.6 Å². The van der Waals surface area contributed by atoms with Crippen molar-refractivity contribution in [3.63, 3.8) is 0 Å². The fourth-order valence-corrected chi connectivity index (χ4v) is 2.71. The smallest absolute Gasteiger partial charge is 0.248 e. The Bertz CT molecular complexity index is 847. The highest BCUT2D eigenvalue weighted by atomic mass is 19.1. The number of carbonyl (C=O) groups is 2. The highest BCUT2D eigenvalue weighted by Gasteiger charge is 2.23. The predicted octanol–water partition coefficient (Wildman–Crippen LogP) is 2.35. The van der Waals surface area contributed by atoms with E-state index in [1.807, 2.05) is 20.8 Å². The number of benzene rings is 1. The van der Waals surface area contributed by atoms with Gasteiger partial charge in [0.05, 0.1) is 24.9 Å². The molecule has 2 rings (SSSR count). The minimum absolute atomic E-state index is 0.105. The third-order valence-electron chi connectivity index (χ3n) is 4.44. The lowest BCUT2D eigenvalue weighted by Gasteiger charge is -2.23. The van der Waals surface area contributed by atoms with E-state index in [-0.39, 0.29) is 18.6 Å². The van der Waals surface area contributed by atoms with Crippen LogP contribution in [0.4, 0.5) is 14.6 Å². The van der Waals surface area contributed by atoms with E-state index in [4.69, 9.17) is 0 Å². The zero-order valence-electron chi connectivity index (χ0n) is 16.7. The van der Waals surface area contributed by atoms with Crippen molar-refractivity contribution in [2.75, 3.05) is 11.9 Å². The molecule has 2 aromatic rings. The summed E-state index contributed by atoms with van der Waals surface area (Å²) in [5, 5.41) is 14.7. The average molecular weight is 408 g/mol. The van der Waals surface area contributed by atoms with E-state index in [9.17, 15) is 23.5 Å². The van der Waals surface area contributed by atoms with Crippen LogP contribution in [0.25, 0.3) is 0 Å². The van der Waals surface area contributed by atoms with Gasteiger partial charge in [-0.1, -0.05) is 13.3 Å². The molecular weight excluding hydrogens is 382 g/mol. The van der Waals surface area contributed by atoms with Gasteiger partial charge in [0.1, 0.15) is 17.7 Å². The highest BCUT2D eigenvalue weighted by Crippen LogP contribution is 2.17. The van der Waals surface area contributed by atoms with Crippen molar-refractivity contribution >= 4 is 17.6 Å². The normalized spacial score (nSPS) is 12.5. The molecule has 1 unspecified atom stereocenters. The van der Waals surface area contributed by atoms with Crippen LogP contribution in [0.2, 0.25) is 0 Å². The molecule has 0 bridgehead atoms. The maximum absolute atomic E-state index is 13.3. The van der Waals surface area contributed by atoms with Gasteiger partial charge < -0.3 is 20.3 Å². The Balaban J connectivity index is 2.02. The van der Waals surface area contributed by atoms with Gasteiger partial charge in [-0.2, -0.15) is 0 Å². The van der Waals surface area contributed by atoms with E-state index in [0.717, 1.165) is 18.2 Å². The summed E-state index contributed by atoms with van der Waals surface area (Å²) < 4.78 is 28.2. The third kappa shape index (κ3) is 6.35. The standard InChI is InChI=1S/C20H26F2N4O3/c1-4-5-16(24-18(28)8-13-6-14(21)9-15(22)7-13)19(29)25-17-10-26(12-23-17)20(2,3)11-27/h6-7,9-10,12,16,27H,4-5,8,11H2,1-3H3,(H,24,28)(H,25,29). The summed E-state index contributed by atoms with van der Waals surface area (Å²) in [5.74, 6) is -2.21. The number of aliphatic hydroxyl groups excluding tert-OH is 1. The molecule has 1 aromatic heterocycles. The van der Waals surface area contributed by atoms with Crippen LogP contribution >= 0.6 is 0 Å². The number of nitrogens with zero attached hydrogens (tertiary/aromatic N) is 2. The number of halogens is 2. The molecule has 1 aromatic carbocycles. The molecule has 0 radical (unpaired) electrons. The maximum Gasteiger partial charge on any atom is 0.248 e. The molecule has 0 aliphatic carbocycles. The predicted molar refractivity (Wildman–Crippen MR) is 104 cm³/mol. The number of anilines is 1. The average Bonchev–Trinajstić information content (AvgIpc) is 3.09. The Labute approximate surface area is 168 Å². The SMILES string of the molecule is CCCC(NC(=O)Cc1cc(F)cc(F)c1)C(=O)Nc1cn(C(C)(C)CO)cn1. The number of carbonyl (C=O) groups excluding carboxylic acids is 2. The van der Waals surface area contributed by atoms with Crippen molar-refractivity contribution < 1.29 is 23.5 Å². The number of aliphatic hydroxyl groups is 1. The van der Waals surface area contributed by atoms with Crippen molar-refractivity contribution in [3.8, 4) is 0 Å². The first-order chi connectivity index (χ1) is 13.6. The second-order valence-corrected chi connectivity index (χ2v) is 7.49. The molecule has 1 heterocycles. The van der Waals surface area contributed by atoms with Crippen LogP contribution in [0.1, 0.15) is 39.2 Å². The van der Waals surface area contributed by atoms with Crippen LogP contribution < -0.4 is 10.6 Å². The number of rotatable bonds is 9. The number of aromatic nitrogens is 2. The monoisotopic (exact) mass is 408 g/mol. The van der Waals surface area contributed by atoms with Gasteiger partial charge in [0.2, 0.25) is 11.8 Å². The van der Waals surface area contributed by atoms with Crippen molar-refractivity contribution in [1.29, 1.82) is 0 Å². The van der Waals surface area contributed by atoms with Crippen molar-refractivity contribution in [3.05, 3.63) is 47.9 Å². The molecule has 7 nitrogen and oxygen atoms in total. The number of imidazole rings is 1. The summed E-state index contributed by atoms with van der Waals surface area (Å²) >= 11 is 0. The molecule has 0 saturated heterocycles. The molecule has 0 spiro atoms. The second-order valence-electron chi connectivity index (χ2n) is 7.49. The van der Waals surface area contributed by atoms with Gasteiger partial charge in [0, 0.05) is 12.3 Å². The minimum atomic E-state index is -0.818. The molecule has 0 fully saturated rings. The fraction of sp³-hybridized carbons (Fsp3) is 0.450. The zero-order valence-corrected chi connectivity index (χ0v) is 16.7. The first-order valence-electron chi connectivity index (χ1n) is 9.35. The van der Waals surface area contributed by atoms with Gasteiger partial charge in [-0.3, -0.25) is 9.59 Å². The van der Waals surface area contributed by atoms with E-state index >= 15 is 0 Å². The number of amides is 2. The Hall–Kier alpha value is -2.81. The Morgan fingerprint density at radius 1 is 1.24 bits per heavy atom. The van der Waals surface area contributed by atoms with E-state index in [1.165, 1.54) is 6.33 Å². The van der Waals surface area contributed by atoms with Crippen molar-refractivity contribution in [1.82, 2.24) is 14.9 Å². The Kier molecular flexibility index (Phi) is 7.44. The van der Waals surface area contributed by atoms with Gasteiger partial charge >= 0.3 is 0 Å². The van der Waals surface area contributed by atoms with Crippen LogP contribution in [-0.4, -0.2) is 39.1 Å². The van der Waals surface area contributed by atoms with Gasteiger partial charge in [-0.05, 0) is 38.0 Å². The van der Waals surface area contributed by atoms with E-state index in [0.29, 0.717) is 18.7 Å². The quantitative estimate of drug-likeness (QED) is 0.594. The van der Waals surface area contributed by atoms with Crippen molar-refractivity contribution in [2.45, 2.75) is 51.6 Å². The Morgan fingerprint density at radius 2 is 1.90 bits per heavy atom. The molecule has 0 saturated carbocycles. The first-order valence-corrected chi connectivity index (χ1v) is 9.35. The van der Waals surface area contributed by atoms with Gasteiger partial charge in [0.15, 0.2) is 5.82 Å². The number of nitrogens with one attached hydrogen (secondary N) is 2. The largest absolute Gasteiger partial charge is 0.394 e. The van der Waals surface area contributed by atoms with Crippen LogP contribution in [0.3, 0.4) is 0 Å². The molecular formula is C20H26F2N4O3. The van der Waals surface area contributed by atoms with Crippen molar-refractivity contribution in [2.24, 2.45) is 0 Å². The van der Waals surface area contributed by atoms with Crippen LogP contribution in [0.15, 0.2) is 30.7 Å². The molecule has 2 amide bonds. The molecule has 0 aliphatic rings. The molecule has 158 valence electrons. The summed E-state index contributed by atoms with van der Waals surface area (Å²) in [4.78, 5) is 29.0. The lowest BCUT2D eigenvalue weighted by atomic mass is 10.1. The summed E-state index contributed by atoms with van der Waals surface area (Å²) in [6, 6.07) is 2.06. The topological polar surface area (TPSA) is 96.2 Å². The third-order valence-corrected chi connectivity index (χ3v) is 4.44. The number of hydrogen-bond acceptors (Lipinski definition) is 4. The van der Waals surface area contributed by atoms with E-state index < -0.39 is 35.0 Å². The highest BCUT2D eigenvalue weighted by molar-refractivity contribution is 5.96. The van der Waals surface area contributed by atoms with E-state index in [1.54, 1.807) is 10.8 Å². The first kappa shape index (κ1) is 22.5. The van der Waals surface area contributed by atoms with E-state index in [2.05, 4.69) is 15.6 Å². The summed E-state index contributed by atoms with van der Waals surface area (Å²) in [6.45, 7) is 5.39. The second kappa shape index (κ2) is 9.60.